The Morgan fingerprint density at radius 2 is 1.79 bits per heavy atom. The summed E-state index contributed by atoms with van der Waals surface area (Å²) in [5.41, 5.74) is 1.75. The van der Waals surface area contributed by atoms with Crippen molar-refractivity contribution in [3.8, 4) is 0 Å². The number of carboxylic acid groups (broad SMARTS) is 1. The molecule has 6 nitrogen and oxygen atoms in total. The fourth-order valence-electron chi connectivity index (χ4n) is 2.72. The Morgan fingerprint density at radius 3 is 2.43 bits per heavy atom. The van der Waals surface area contributed by atoms with E-state index in [1.165, 1.54) is 12.3 Å². The van der Waals surface area contributed by atoms with Crippen molar-refractivity contribution in [2.45, 2.75) is 6.54 Å². The van der Waals surface area contributed by atoms with Crippen LogP contribution in [-0.2, 0) is 6.54 Å². The lowest BCUT2D eigenvalue weighted by atomic mass is 10.1. The molecule has 0 fully saturated rings. The van der Waals surface area contributed by atoms with Gasteiger partial charge in [-0.25, -0.2) is 9.78 Å². The third kappa shape index (κ3) is 4.66. The highest BCUT2D eigenvalue weighted by Crippen LogP contribution is 2.22. The number of nitrogens with one attached hydrogen (secondary N) is 1. The summed E-state index contributed by atoms with van der Waals surface area (Å²) in [6, 6.07) is 17.5. The Morgan fingerprint density at radius 1 is 1.11 bits per heavy atom. The van der Waals surface area contributed by atoms with Crippen molar-refractivity contribution >= 4 is 35.0 Å². The van der Waals surface area contributed by atoms with E-state index in [4.69, 9.17) is 11.6 Å². The van der Waals surface area contributed by atoms with Gasteiger partial charge in [0.25, 0.3) is 5.91 Å². The van der Waals surface area contributed by atoms with Crippen LogP contribution >= 0.6 is 11.6 Å². The molecule has 0 saturated heterocycles. The summed E-state index contributed by atoms with van der Waals surface area (Å²) in [6.07, 6.45) is 1.44. The molecule has 0 aliphatic rings. The predicted octanol–water partition coefficient (Wildman–Crippen LogP) is 4.32. The lowest BCUT2D eigenvalue weighted by Gasteiger charge is -2.20. The Bertz CT molecular complexity index is 992. The molecule has 0 aliphatic carbocycles. The Kier molecular flexibility index (Phi) is 5.91. The van der Waals surface area contributed by atoms with E-state index in [0.29, 0.717) is 28.6 Å². The molecule has 0 aliphatic heterocycles. The number of halogens is 1. The first kappa shape index (κ1) is 19.4. The largest absolute Gasteiger partial charge is 0.478 e. The molecule has 0 bridgehead atoms. The number of amides is 1. The van der Waals surface area contributed by atoms with Crippen molar-refractivity contribution in [2.75, 3.05) is 17.3 Å². The highest BCUT2D eigenvalue weighted by molar-refractivity contribution is 6.30. The van der Waals surface area contributed by atoms with Crippen LogP contribution in [-0.4, -0.2) is 29.0 Å². The van der Waals surface area contributed by atoms with Crippen molar-refractivity contribution in [1.29, 1.82) is 0 Å². The topological polar surface area (TPSA) is 82.5 Å². The molecule has 1 aromatic heterocycles. The summed E-state index contributed by atoms with van der Waals surface area (Å²) < 4.78 is 0. The van der Waals surface area contributed by atoms with Crippen LogP contribution < -0.4 is 10.2 Å². The average molecular weight is 396 g/mol. The van der Waals surface area contributed by atoms with Gasteiger partial charge in [-0.05, 0) is 35.9 Å². The van der Waals surface area contributed by atoms with Crippen molar-refractivity contribution in [1.82, 2.24) is 4.98 Å². The number of carbonyl (C=O) groups excluding carboxylic acids is 1. The number of aromatic nitrogens is 1. The van der Waals surface area contributed by atoms with Crippen LogP contribution in [0.1, 0.15) is 26.3 Å². The summed E-state index contributed by atoms with van der Waals surface area (Å²) >= 11 is 5.83. The van der Waals surface area contributed by atoms with Gasteiger partial charge in [0.1, 0.15) is 11.4 Å². The predicted molar refractivity (Wildman–Crippen MR) is 109 cm³/mol. The first-order valence-corrected chi connectivity index (χ1v) is 8.87. The third-order valence-corrected chi connectivity index (χ3v) is 4.34. The minimum Gasteiger partial charge on any atom is -0.478 e. The van der Waals surface area contributed by atoms with Gasteiger partial charge in [-0.1, -0.05) is 41.9 Å². The SMILES string of the molecule is CN(Cc1ccccc1)c1ncc(NC(=O)c2ccc(Cl)cc2)cc1C(=O)O. The van der Waals surface area contributed by atoms with Crippen molar-refractivity contribution in [3.63, 3.8) is 0 Å². The van der Waals surface area contributed by atoms with Crippen LogP contribution in [0.3, 0.4) is 0 Å². The van der Waals surface area contributed by atoms with Crippen LogP contribution in [0, 0.1) is 0 Å². The number of nitrogens with zero attached hydrogens (tertiary/aromatic N) is 2. The lowest BCUT2D eigenvalue weighted by molar-refractivity contribution is 0.0696. The number of anilines is 2. The second-order valence-electron chi connectivity index (χ2n) is 6.20. The van der Waals surface area contributed by atoms with Gasteiger partial charge in [-0.2, -0.15) is 0 Å². The van der Waals surface area contributed by atoms with E-state index in [1.54, 1.807) is 36.2 Å². The maximum atomic E-state index is 12.3. The molecule has 1 heterocycles. The lowest BCUT2D eigenvalue weighted by Crippen LogP contribution is -2.21. The summed E-state index contributed by atoms with van der Waals surface area (Å²) in [7, 11) is 1.77. The molecule has 1 amide bonds. The molecule has 2 N–H and O–H groups in total. The average Bonchev–Trinajstić information content (AvgIpc) is 2.69. The van der Waals surface area contributed by atoms with Crippen molar-refractivity contribution in [2.24, 2.45) is 0 Å². The van der Waals surface area contributed by atoms with Gasteiger partial charge < -0.3 is 15.3 Å². The number of pyridine rings is 1. The van der Waals surface area contributed by atoms with E-state index >= 15 is 0 Å². The fraction of sp³-hybridized carbons (Fsp3) is 0.0952. The van der Waals surface area contributed by atoms with Crippen LogP contribution in [0.25, 0.3) is 0 Å². The Labute approximate surface area is 167 Å². The molecule has 2 aromatic carbocycles. The number of carbonyl (C=O) groups is 2. The molecule has 0 radical (unpaired) electrons. The zero-order valence-electron chi connectivity index (χ0n) is 15.1. The molecule has 142 valence electrons. The monoisotopic (exact) mass is 395 g/mol. The number of hydrogen-bond acceptors (Lipinski definition) is 4. The zero-order valence-corrected chi connectivity index (χ0v) is 15.8. The quantitative estimate of drug-likeness (QED) is 0.649. The molecule has 28 heavy (non-hydrogen) atoms. The van der Waals surface area contributed by atoms with Gasteiger partial charge in [0.05, 0.1) is 11.9 Å². The number of rotatable bonds is 6. The van der Waals surface area contributed by atoms with Gasteiger partial charge in [0.2, 0.25) is 0 Å². The summed E-state index contributed by atoms with van der Waals surface area (Å²) in [6.45, 7) is 0.505. The van der Waals surface area contributed by atoms with Crippen molar-refractivity contribution < 1.29 is 14.7 Å². The van der Waals surface area contributed by atoms with E-state index in [-0.39, 0.29) is 11.5 Å². The van der Waals surface area contributed by atoms with Gasteiger partial charge in [-0.3, -0.25) is 4.79 Å². The maximum absolute atomic E-state index is 12.3. The number of carboxylic acids is 1. The third-order valence-electron chi connectivity index (χ3n) is 4.09. The molecule has 0 unspecified atom stereocenters. The van der Waals surface area contributed by atoms with E-state index in [1.807, 2.05) is 30.3 Å². The molecular formula is C21H18ClN3O3. The second-order valence-corrected chi connectivity index (χ2v) is 6.64. The zero-order chi connectivity index (χ0) is 20.1. The number of benzene rings is 2. The maximum Gasteiger partial charge on any atom is 0.339 e. The van der Waals surface area contributed by atoms with Crippen molar-refractivity contribution in [3.05, 3.63) is 88.6 Å². The molecule has 0 saturated carbocycles. The van der Waals surface area contributed by atoms with E-state index in [0.717, 1.165) is 5.56 Å². The summed E-state index contributed by atoms with van der Waals surface area (Å²) in [5, 5.41) is 12.8. The van der Waals surface area contributed by atoms with Crippen LogP contribution in [0.5, 0.6) is 0 Å². The first-order chi connectivity index (χ1) is 13.4. The highest BCUT2D eigenvalue weighted by atomic mass is 35.5. The van der Waals surface area contributed by atoms with Gasteiger partial charge in [-0.15, -0.1) is 0 Å². The van der Waals surface area contributed by atoms with Crippen LogP contribution in [0.4, 0.5) is 11.5 Å². The Hall–Kier alpha value is -3.38. The van der Waals surface area contributed by atoms with Gasteiger partial charge >= 0.3 is 5.97 Å². The fourth-order valence-corrected chi connectivity index (χ4v) is 2.85. The molecule has 3 aromatic rings. The summed E-state index contributed by atoms with van der Waals surface area (Å²) in [5.74, 6) is -1.17. The van der Waals surface area contributed by atoms with E-state index < -0.39 is 5.97 Å². The molecular weight excluding hydrogens is 378 g/mol. The minimum atomic E-state index is -1.12. The second kappa shape index (κ2) is 8.54. The Balaban J connectivity index is 1.81. The molecule has 7 heteroatoms. The highest BCUT2D eigenvalue weighted by Gasteiger charge is 2.17. The van der Waals surface area contributed by atoms with Crippen LogP contribution in [0.15, 0.2) is 66.9 Å². The molecule has 3 rings (SSSR count). The smallest absolute Gasteiger partial charge is 0.339 e. The van der Waals surface area contributed by atoms with E-state index in [9.17, 15) is 14.7 Å². The number of aromatic carboxylic acids is 1. The standard InChI is InChI=1S/C21H18ClN3O3/c1-25(13-14-5-3-2-4-6-14)19-18(21(27)28)11-17(12-23-19)24-20(26)15-7-9-16(22)10-8-15/h2-12H,13H2,1H3,(H,24,26)(H,27,28). The van der Waals surface area contributed by atoms with E-state index in [2.05, 4.69) is 10.3 Å². The summed E-state index contributed by atoms with van der Waals surface area (Å²) in [4.78, 5) is 30.1. The first-order valence-electron chi connectivity index (χ1n) is 8.49. The molecule has 0 spiro atoms. The number of hydrogen-bond donors (Lipinski definition) is 2. The normalized spacial score (nSPS) is 10.4. The minimum absolute atomic E-state index is 0.00679. The molecule has 0 atom stereocenters. The van der Waals surface area contributed by atoms with Gasteiger partial charge in [0, 0.05) is 24.2 Å². The van der Waals surface area contributed by atoms with Gasteiger partial charge in [0.15, 0.2) is 0 Å². The van der Waals surface area contributed by atoms with Crippen LogP contribution in [0.2, 0.25) is 5.02 Å².